The van der Waals surface area contributed by atoms with Gasteiger partial charge in [0, 0.05) is 33.0 Å². The summed E-state index contributed by atoms with van der Waals surface area (Å²) < 4.78 is 30.2. The van der Waals surface area contributed by atoms with Crippen molar-refractivity contribution in [2.75, 3.05) is 20.8 Å². The number of carbonyl (C=O) groups excluding carboxylic acids is 3. The monoisotopic (exact) mass is 556 g/mol. The average molecular weight is 557 g/mol. The Balaban J connectivity index is 1.80. The Kier molecular flexibility index (Phi) is 7.05. The molecule has 1 heterocycles. The van der Waals surface area contributed by atoms with Crippen molar-refractivity contribution in [1.29, 1.82) is 0 Å². The summed E-state index contributed by atoms with van der Waals surface area (Å²) in [5.74, 6) is -2.44. The minimum absolute atomic E-state index is 0.000546. The summed E-state index contributed by atoms with van der Waals surface area (Å²) >= 11 is 0. The van der Waals surface area contributed by atoms with E-state index in [-0.39, 0.29) is 18.8 Å². The summed E-state index contributed by atoms with van der Waals surface area (Å²) in [5, 5.41) is 12.8. The lowest BCUT2D eigenvalue weighted by Gasteiger charge is -2.69. The van der Waals surface area contributed by atoms with Gasteiger partial charge in [-0.15, -0.1) is 0 Å². The molecule has 2 unspecified atom stereocenters. The van der Waals surface area contributed by atoms with Gasteiger partial charge >= 0.3 is 11.9 Å². The summed E-state index contributed by atoms with van der Waals surface area (Å²) in [6.45, 7) is 8.76. The number of aliphatic hydroxyl groups is 1. The molecule has 9 heteroatoms. The highest BCUT2D eigenvalue weighted by Gasteiger charge is 2.79. The predicted molar refractivity (Wildman–Crippen MR) is 143 cm³/mol. The second kappa shape index (κ2) is 9.76. The van der Waals surface area contributed by atoms with Crippen molar-refractivity contribution in [3.63, 3.8) is 0 Å². The van der Waals surface area contributed by atoms with Gasteiger partial charge in [-0.2, -0.15) is 0 Å². The van der Waals surface area contributed by atoms with Crippen molar-refractivity contribution < 1.29 is 43.2 Å². The zero-order valence-corrected chi connectivity index (χ0v) is 24.3. The van der Waals surface area contributed by atoms with Gasteiger partial charge in [-0.3, -0.25) is 9.59 Å². The number of carbonyl (C=O) groups is 3. The number of methoxy groups -OCH3 is 2. The van der Waals surface area contributed by atoms with Gasteiger partial charge in [0.05, 0.1) is 29.6 Å². The molecule has 0 bridgehead atoms. The highest BCUT2D eigenvalue weighted by atomic mass is 16.6. The molecule has 0 radical (unpaired) electrons. The fraction of sp³-hybridized carbons (Fsp3) is 0.645. The van der Waals surface area contributed by atoms with Gasteiger partial charge in [-0.1, -0.05) is 30.7 Å². The molecule has 0 amide bonds. The Bertz CT molecular complexity index is 1240. The number of rotatable bonds is 5. The first-order valence-corrected chi connectivity index (χ1v) is 13.9. The topological polar surface area (TPSA) is 118 Å². The van der Waals surface area contributed by atoms with Gasteiger partial charge < -0.3 is 28.8 Å². The molecule has 3 aliphatic carbocycles. The molecule has 40 heavy (non-hydrogen) atoms. The number of hydrogen-bond acceptors (Lipinski definition) is 9. The summed E-state index contributed by atoms with van der Waals surface area (Å²) in [7, 11) is 3.01. The highest BCUT2D eigenvalue weighted by Crippen LogP contribution is 2.67. The molecule has 9 nitrogen and oxygen atoms in total. The maximum atomic E-state index is 14.9. The molecule has 3 saturated carbocycles. The second-order valence-corrected chi connectivity index (χ2v) is 12.4. The van der Waals surface area contributed by atoms with E-state index in [2.05, 4.69) is 0 Å². The van der Waals surface area contributed by atoms with E-state index in [4.69, 9.17) is 23.7 Å². The third-order valence-corrected chi connectivity index (χ3v) is 10.3. The normalized spacial score (nSPS) is 42.0. The maximum Gasteiger partial charge on any atom is 0.338 e. The number of fused-ring (bicyclic) bond motifs is 4. The van der Waals surface area contributed by atoms with Gasteiger partial charge in [-0.25, -0.2) is 4.79 Å². The number of ketones is 1. The molecule has 4 fully saturated rings. The van der Waals surface area contributed by atoms with Crippen LogP contribution >= 0.6 is 0 Å². The number of esters is 2. The van der Waals surface area contributed by atoms with Gasteiger partial charge in [-0.05, 0) is 51.3 Å². The van der Waals surface area contributed by atoms with Gasteiger partial charge in [0.15, 0.2) is 11.4 Å². The van der Waals surface area contributed by atoms with Crippen molar-refractivity contribution in [2.24, 2.45) is 16.7 Å². The van der Waals surface area contributed by atoms with Gasteiger partial charge in [0.1, 0.15) is 23.9 Å². The SMILES string of the molecule is CO[C@H]1C(=O)[C@@]2(C)C([C@H](OC(=O)c3ccccc3)[C@]3(O)CC[C@@]3(C)C1=C(C)C)[C@]1(OC(C)=O)COC1C[C@@H]2OC. The predicted octanol–water partition coefficient (Wildman–Crippen LogP) is 3.42. The van der Waals surface area contributed by atoms with Crippen LogP contribution in [0.25, 0.3) is 0 Å². The molecule has 1 aromatic rings. The Hall–Kier alpha value is -2.59. The minimum atomic E-state index is -1.60. The van der Waals surface area contributed by atoms with Crippen LogP contribution in [0.5, 0.6) is 0 Å². The van der Waals surface area contributed by atoms with E-state index in [1.807, 2.05) is 20.8 Å². The third-order valence-electron chi connectivity index (χ3n) is 10.3. The second-order valence-electron chi connectivity index (χ2n) is 12.4. The van der Waals surface area contributed by atoms with E-state index < -0.39 is 64.3 Å². The number of benzene rings is 1. The molecule has 1 aliphatic heterocycles. The molecular weight excluding hydrogens is 516 g/mol. The lowest BCUT2D eigenvalue weighted by molar-refractivity contribution is -0.353. The lowest BCUT2D eigenvalue weighted by atomic mass is 9.41. The summed E-state index contributed by atoms with van der Waals surface area (Å²) in [6, 6.07) is 8.52. The molecule has 1 aromatic carbocycles. The molecule has 9 atom stereocenters. The first-order chi connectivity index (χ1) is 18.8. The van der Waals surface area contributed by atoms with Gasteiger partial charge in [0.25, 0.3) is 0 Å². The Morgan fingerprint density at radius 3 is 2.17 bits per heavy atom. The molecule has 0 spiro atoms. The molecule has 1 N–H and O–H groups in total. The van der Waals surface area contributed by atoms with Crippen LogP contribution in [0.15, 0.2) is 41.5 Å². The van der Waals surface area contributed by atoms with Crippen LogP contribution in [0.1, 0.15) is 64.2 Å². The van der Waals surface area contributed by atoms with E-state index in [1.54, 1.807) is 37.3 Å². The molecular formula is C31H40O9. The van der Waals surface area contributed by atoms with E-state index in [0.29, 0.717) is 24.0 Å². The molecule has 1 saturated heterocycles. The van der Waals surface area contributed by atoms with E-state index >= 15 is 0 Å². The highest BCUT2D eigenvalue weighted by molar-refractivity contribution is 5.94. The van der Waals surface area contributed by atoms with E-state index in [0.717, 1.165) is 5.57 Å². The van der Waals surface area contributed by atoms with Crippen LogP contribution in [-0.2, 0) is 33.3 Å². The minimum Gasteiger partial charge on any atom is -0.455 e. The van der Waals surface area contributed by atoms with Crippen molar-refractivity contribution in [2.45, 2.75) is 89.5 Å². The largest absolute Gasteiger partial charge is 0.455 e. The number of hydrogen-bond donors (Lipinski definition) is 1. The number of allylic oxidation sites excluding steroid dienone is 1. The molecule has 4 aliphatic rings. The zero-order valence-electron chi connectivity index (χ0n) is 24.3. The smallest absolute Gasteiger partial charge is 0.338 e. The van der Waals surface area contributed by atoms with Crippen LogP contribution in [0, 0.1) is 16.7 Å². The molecule has 218 valence electrons. The Labute approximate surface area is 235 Å². The Morgan fingerprint density at radius 1 is 1.02 bits per heavy atom. The molecule has 5 rings (SSSR count). The standard InChI is InChI=1S/C31H40O9/c1-17(2)22-23(37-7)25(33)29(5)20(36-6)15-21-30(16-38-21,40-18(3)32)24(29)26(31(35)14-13-28(22,31)4)39-27(34)19-11-9-8-10-12-19/h8-12,20-21,23-24,26,35H,13-16H2,1-7H3/t20-,21?,23+,24?,26-,28-,29+,30-,31+/m0/s1. The van der Waals surface area contributed by atoms with Crippen molar-refractivity contribution >= 4 is 17.7 Å². The third kappa shape index (κ3) is 3.70. The number of Topliss-reactive ketones (excluding diaryl/α,β-unsaturated/α-hetero) is 1. The first kappa shape index (κ1) is 28.9. The average Bonchev–Trinajstić information content (AvgIpc) is 2.91. The molecule has 0 aromatic heterocycles. The fourth-order valence-corrected chi connectivity index (χ4v) is 8.24. The van der Waals surface area contributed by atoms with Crippen molar-refractivity contribution in [3.8, 4) is 0 Å². The summed E-state index contributed by atoms with van der Waals surface area (Å²) in [6.07, 6.45) is -2.38. The van der Waals surface area contributed by atoms with Crippen LogP contribution in [0.2, 0.25) is 0 Å². The van der Waals surface area contributed by atoms with E-state index in [1.165, 1.54) is 21.1 Å². The van der Waals surface area contributed by atoms with Crippen molar-refractivity contribution in [3.05, 3.63) is 47.0 Å². The van der Waals surface area contributed by atoms with Crippen LogP contribution in [-0.4, -0.2) is 79.3 Å². The maximum absolute atomic E-state index is 14.9. The van der Waals surface area contributed by atoms with E-state index in [9.17, 15) is 19.5 Å². The summed E-state index contributed by atoms with van der Waals surface area (Å²) in [5.41, 5.74) is -3.43. The van der Waals surface area contributed by atoms with Crippen LogP contribution < -0.4 is 0 Å². The Morgan fingerprint density at radius 2 is 1.70 bits per heavy atom. The quantitative estimate of drug-likeness (QED) is 0.430. The van der Waals surface area contributed by atoms with Crippen LogP contribution in [0.3, 0.4) is 0 Å². The fourth-order valence-electron chi connectivity index (χ4n) is 8.24. The summed E-state index contributed by atoms with van der Waals surface area (Å²) in [4.78, 5) is 41.1. The number of ether oxygens (including phenoxy) is 5. The van der Waals surface area contributed by atoms with Crippen LogP contribution in [0.4, 0.5) is 0 Å². The lowest BCUT2D eigenvalue weighted by Crippen LogP contribution is -2.82. The zero-order chi connectivity index (χ0) is 29.3. The van der Waals surface area contributed by atoms with Gasteiger partial charge in [0.2, 0.25) is 0 Å². The van der Waals surface area contributed by atoms with Crippen molar-refractivity contribution in [1.82, 2.24) is 0 Å². The first-order valence-electron chi connectivity index (χ1n) is 13.9.